The van der Waals surface area contributed by atoms with Crippen molar-refractivity contribution in [3.8, 4) is 0 Å². The van der Waals surface area contributed by atoms with Crippen LogP contribution in [-0.2, 0) is 0 Å². The van der Waals surface area contributed by atoms with Crippen molar-refractivity contribution in [2.75, 3.05) is 38.6 Å². The van der Waals surface area contributed by atoms with Crippen LogP contribution >= 0.6 is 15.9 Å². The van der Waals surface area contributed by atoms with E-state index in [0.717, 1.165) is 19.6 Å². The van der Waals surface area contributed by atoms with Crippen LogP contribution in [0, 0.1) is 16.0 Å². The minimum atomic E-state index is -0.383. The average Bonchev–Trinajstić information content (AvgIpc) is 2.23. The van der Waals surface area contributed by atoms with Crippen LogP contribution in [0.2, 0.25) is 0 Å². The number of hydrogen-bond acceptors (Lipinski definition) is 5. The summed E-state index contributed by atoms with van der Waals surface area (Å²) in [5, 5.41) is 11.0. The largest absolute Gasteiger partial charge is 0.350 e. The van der Waals surface area contributed by atoms with Crippen LogP contribution in [0.15, 0.2) is 16.7 Å². The first-order chi connectivity index (χ1) is 8.47. The van der Waals surface area contributed by atoms with Gasteiger partial charge in [0, 0.05) is 42.3 Å². The number of halogens is 1. The minimum absolute atomic E-state index is 0.0627. The number of rotatable bonds is 4. The predicted molar refractivity (Wildman–Crippen MR) is 72.8 cm³/mol. The summed E-state index contributed by atoms with van der Waals surface area (Å²) in [6.07, 6.45) is 1.60. The summed E-state index contributed by atoms with van der Waals surface area (Å²) in [6, 6.07) is 1.50. The van der Waals surface area contributed by atoms with Gasteiger partial charge >= 0.3 is 5.69 Å². The molecule has 1 aliphatic heterocycles. The van der Waals surface area contributed by atoms with Crippen LogP contribution in [-0.4, -0.2) is 48.5 Å². The maximum absolute atomic E-state index is 11.0. The van der Waals surface area contributed by atoms with E-state index in [1.165, 1.54) is 6.07 Å². The Balaban J connectivity index is 2.09. The molecule has 1 aliphatic rings. The highest BCUT2D eigenvalue weighted by molar-refractivity contribution is 9.10. The fraction of sp³-hybridized carbons (Fsp3) is 0.545. The van der Waals surface area contributed by atoms with Crippen LogP contribution in [0.5, 0.6) is 0 Å². The first-order valence-corrected chi connectivity index (χ1v) is 6.46. The summed E-state index contributed by atoms with van der Waals surface area (Å²) < 4.78 is 0.628. The monoisotopic (exact) mass is 314 g/mol. The molecule has 1 aromatic heterocycles. The molecule has 2 heterocycles. The Hall–Kier alpha value is -1.21. The summed E-state index contributed by atoms with van der Waals surface area (Å²) in [6.45, 7) is 2.65. The van der Waals surface area contributed by atoms with Gasteiger partial charge in [0.1, 0.15) is 0 Å². The van der Waals surface area contributed by atoms with Crippen LogP contribution in [0.1, 0.15) is 0 Å². The molecule has 0 radical (unpaired) electrons. The predicted octanol–water partition coefficient (Wildman–Crippen LogP) is 1.75. The summed E-state index contributed by atoms with van der Waals surface area (Å²) in [4.78, 5) is 18.9. The Labute approximate surface area is 114 Å². The molecule has 0 aromatic carbocycles. The van der Waals surface area contributed by atoms with Crippen LogP contribution in [0.25, 0.3) is 0 Å². The molecule has 2 rings (SSSR count). The van der Waals surface area contributed by atoms with Crippen molar-refractivity contribution >= 4 is 27.4 Å². The minimum Gasteiger partial charge on any atom is -0.350 e. The lowest BCUT2D eigenvalue weighted by Crippen LogP contribution is -2.51. The Morgan fingerprint density at radius 3 is 2.83 bits per heavy atom. The maximum atomic E-state index is 11.0. The Bertz CT molecular complexity index is 460. The molecule has 0 saturated carbocycles. The van der Waals surface area contributed by atoms with Gasteiger partial charge in [-0.25, -0.2) is 4.98 Å². The smallest absolute Gasteiger partial charge is 0.312 e. The SMILES string of the molecule is CN(C)CC1CN(c2ncc(Br)cc2[N+](=O)[O-])C1. The summed E-state index contributed by atoms with van der Waals surface area (Å²) in [5.41, 5.74) is 0.0627. The van der Waals surface area contributed by atoms with Crippen LogP contribution < -0.4 is 4.90 Å². The van der Waals surface area contributed by atoms with E-state index in [2.05, 4.69) is 25.8 Å². The molecular weight excluding hydrogens is 300 g/mol. The van der Waals surface area contributed by atoms with Crippen molar-refractivity contribution < 1.29 is 4.92 Å². The maximum Gasteiger partial charge on any atom is 0.312 e. The molecule has 0 atom stereocenters. The van der Waals surface area contributed by atoms with Gasteiger partial charge in [-0.2, -0.15) is 0 Å². The molecule has 0 aliphatic carbocycles. The summed E-state index contributed by atoms with van der Waals surface area (Å²) >= 11 is 3.21. The quantitative estimate of drug-likeness (QED) is 0.626. The highest BCUT2D eigenvalue weighted by Crippen LogP contribution is 2.32. The highest BCUT2D eigenvalue weighted by atomic mass is 79.9. The number of anilines is 1. The highest BCUT2D eigenvalue weighted by Gasteiger charge is 2.32. The fourth-order valence-electron chi connectivity index (χ4n) is 2.17. The second kappa shape index (κ2) is 5.19. The molecule has 0 spiro atoms. The van der Waals surface area contributed by atoms with Gasteiger partial charge in [0.2, 0.25) is 5.82 Å². The van der Waals surface area contributed by atoms with E-state index in [-0.39, 0.29) is 10.6 Å². The zero-order chi connectivity index (χ0) is 13.3. The molecule has 18 heavy (non-hydrogen) atoms. The van der Waals surface area contributed by atoms with Gasteiger partial charge in [0.25, 0.3) is 0 Å². The summed E-state index contributed by atoms with van der Waals surface area (Å²) in [7, 11) is 4.06. The van der Waals surface area contributed by atoms with Gasteiger partial charge in [-0.15, -0.1) is 0 Å². The normalized spacial score (nSPS) is 15.9. The van der Waals surface area contributed by atoms with E-state index >= 15 is 0 Å². The molecule has 0 amide bonds. The van der Waals surface area contributed by atoms with E-state index in [1.54, 1.807) is 6.20 Å². The standard InChI is InChI=1S/C11H15BrN4O2/c1-14(2)5-8-6-15(7-8)11-10(16(17)18)3-9(12)4-13-11/h3-4,8H,5-7H2,1-2H3. The number of hydrogen-bond donors (Lipinski definition) is 0. The fourth-order valence-corrected chi connectivity index (χ4v) is 2.49. The molecule has 1 fully saturated rings. The number of nitro groups is 1. The second-order valence-corrected chi connectivity index (χ2v) is 5.70. The third kappa shape index (κ3) is 2.78. The van der Waals surface area contributed by atoms with E-state index < -0.39 is 0 Å². The van der Waals surface area contributed by atoms with Crippen molar-refractivity contribution in [2.24, 2.45) is 5.92 Å². The van der Waals surface area contributed by atoms with E-state index in [9.17, 15) is 10.1 Å². The van der Waals surface area contributed by atoms with Crippen molar-refractivity contribution in [3.63, 3.8) is 0 Å². The van der Waals surface area contributed by atoms with Crippen LogP contribution in [0.3, 0.4) is 0 Å². The zero-order valence-corrected chi connectivity index (χ0v) is 11.9. The van der Waals surface area contributed by atoms with E-state index in [1.807, 2.05) is 19.0 Å². The van der Waals surface area contributed by atoms with E-state index in [4.69, 9.17) is 0 Å². The average molecular weight is 315 g/mol. The molecule has 0 bridgehead atoms. The van der Waals surface area contributed by atoms with Gasteiger partial charge in [0.15, 0.2) is 0 Å². The third-order valence-electron chi connectivity index (χ3n) is 2.89. The zero-order valence-electron chi connectivity index (χ0n) is 10.3. The second-order valence-electron chi connectivity index (χ2n) is 4.79. The molecule has 7 heteroatoms. The van der Waals surface area contributed by atoms with Crippen molar-refractivity contribution in [3.05, 3.63) is 26.9 Å². The van der Waals surface area contributed by atoms with Crippen molar-refractivity contribution in [1.82, 2.24) is 9.88 Å². The number of nitrogens with zero attached hydrogens (tertiary/aromatic N) is 4. The topological polar surface area (TPSA) is 62.5 Å². The van der Waals surface area contributed by atoms with Gasteiger partial charge in [-0.05, 0) is 30.0 Å². The van der Waals surface area contributed by atoms with Crippen molar-refractivity contribution in [1.29, 1.82) is 0 Å². The Kier molecular flexibility index (Phi) is 3.82. The Morgan fingerprint density at radius 1 is 1.61 bits per heavy atom. The summed E-state index contributed by atoms with van der Waals surface area (Å²) in [5.74, 6) is 1.03. The molecule has 98 valence electrons. The van der Waals surface area contributed by atoms with E-state index in [0.29, 0.717) is 16.2 Å². The van der Waals surface area contributed by atoms with Crippen molar-refractivity contribution in [2.45, 2.75) is 0 Å². The first kappa shape index (κ1) is 13.2. The van der Waals surface area contributed by atoms with Crippen LogP contribution in [0.4, 0.5) is 11.5 Å². The molecule has 0 N–H and O–H groups in total. The van der Waals surface area contributed by atoms with Gasteiger partial charge < -0.3 is 9.80 Å². The molecule has 1 aromatic rings. The van der Waals surface area contributed by atoms with Gasteiger partial charge in [-0.3, -0.25) is 10.1 Å². The lowest BCUT2D eigenvalue weighted by molar-refractivity contribution is -0.384. The lowest BCUT2D eigenvalue weighted by Gasteiger charge is -2.40. The first-order valence-electron chi connectivity index (χ1n) is 5.67. The van der Waals surface area contributed by atoms with Gasteiger partial charge in [-0.1, -0.05) is 0 Å². The molecule has 0 unspecified atom stereocenters. The molecule has 6 nitrogen and oxygen atoms in total. The number of aromatic nitrogens is 1. The number of pyridine rings is 1. The molecule has 1 saturated heterocycles. The molecular formula is C11H15BrN4O2. The Morgan fingerprint density at radius 2 is 2.28 bits per heavy atom. The van der Waals surface area contributed by atoms with Gasteiger partial charge in [0.05, 0.1) is 4.92 Å². The lowest BCUT2D eigenvalue weighted by atomic mass is 9.99. The third-order valence-corrected chi connectivity index (χ3v) is 3.32.